The van der Waals surface area contributed by atoms with Crippen molar-refractivity contribution in [2.45, 2.75) is 19.3 Å². The van der Waals surface area contributed by atoms with Gasteiger partial charge in [0, 0.05) is 7.05 Å². The lowest BCUT2D eigenvalue weighted by atomic mass is 10.2. The average molecular weight is 199 g/mol. The summed E-state index contributed by atoms with van der Waals surface area (Å²) in [4.78, 5) is 4.17. The molecule has 0 unspecified atom stereocenters. The summed E-state index contributed by atoms with van der Waals surface area (Å²) in [6.07, 6.45) is 0.586. The Balaban J connectivity index is 3.17. The van der Waals surface area contributed by atoms with Gasteiger partial charge in [0.05, 0.1) is 48.9 Å². The summed E-state index contributed by atoms with van der Waals surface area (Å²) in [7, 11) is 1.76. The summed E-state index contributed by atoms with van der Waals surface area (Å²) in [6.45, 7) is 0. The van der Waals surface area contributed by atoms with Gasteiger partial charge in [0.25, 0.3) is 0 Å². The summed E-state index contributed by atoms with van der Waals surface area (Å²) in [6, 6.07) is 6.02. The Kier molecular flexibility index (Phi) is 3.43. The summed E-state index contributed by atoms with van der Waals surface area (Å²) in [5.41, 5.74) is 1.33. The molecule has 1 rings (SSSR count). The van der Waals surface area contributed by atoms with Gasteiger partial charge in [-0.3, -0.25) is 0 Å². The van der Waals surface area contributed by atoms with E-state index in [0.29, 0.717) is 11.5 Å². The third kappa shape index (κ3) is 2.13. The highest BCUT2D eigenvalue weighted by atomic mass is 15.1. The molecular weight excluding hydrogens is 190 g/mol. The maximum atomic E-state index is 8.64. The van der Waals surface area contributed by atoms with Crippen molar-refractivity contribution in [3.8, 4) is 18.2 Å². The van der Waals surface area contributed by atoms with Gasteiger partial charge < -0.3 is 4.57 Å². The lowest BCUT2D eigenvalue weighted by Crippen LogP contribution is -2.01. The van der Waals surface area contributed by atoms with Gasteiger partial charge in [-0.25, -0.2) is 4.98 Å². The van der Waals surface area contributed by atoms with Crippen molar-refractivity contribution in [3.05, 3.63) is 17.2 Å². The number of hydrogen-bond acceptors (Lipinski definition) is 4. The fourth-order valence-electron chi connectivity index (χ4n) is 1.39. The zero-order chi connectivity index (χ0) is 11.3. The summed E-state index contributed by atoms with van der Waals surface area (Å²) in [5.74, 6) is 0.605. The molecule has 1 aromatic rings. The van der Waals surface area contributed by atoms with E-state index in [9.17, 15) is 0 Å². The standard InChI is InChI=1S/C10H9N5/c1-15-9(3-6-12)8(2-5-11)14-10(15)4-7-13/h2-4H2,1H3. The quantitative estimate of drug-likeness (QED) is 0.713. The Labute approximate surface area is 87.8 Å². The van der Waals surface area contributed by atoms with E-state index in [0.717, 1.165) is 5.69 Å². The molecule has 0 atom stereocenters. The molecule has 1 aromatic heterocycles. The third-order valence-corrected chi connectivity index (χ3v) is 2.12. The van der Waals surface area contributed by atoms with Gasteiger partial charge in [0.2, 0.25) is 0 Å². The summed E-state index contributed by atoms with van der Waals surface area (Å²) >= 11 is 0. The normalized spacial score (nSPS) is 8.93. The van der Waals surface area contributed by atoms with Gasteiger partial charge in [-0.1, -0.05) is 0 Å². The second-order valence-electron chi connectivity index (χ2n) is 2.99. The van der Waals surface area contributed by atoms with Crippen LogP contribution in [-0.2, 0) is 26.3 Å². The summed E-state index contributed by atoms with van der Waals surface area (Å²) < 4.78 is 1.72. The molecule has 5 heteroatoms. The zero-order valence-corrected chi connectivity index (χ0v) is 8.36. The highest BCUT2D eigenvalue weighted by Crippen LogP contribution is 2.12. The fraction of sp³-hybridized carbons (Fsp3) is 0.400. The van der Waals surface area contributed by atoms with Crippen LogP contribution in [0.25, 0.3) is 0 Å². The lowest BCUT2D eigenvalue weighted by Gasteiger charge is -2.00. The van der Waals surface area contributed by atoms with Gasteiger partial charge in [-0.2, -0.15) is 15.8 Å². The Bertz CT molecular complexity index is 478. The molecule has 0 spiro atoms. The van der Waals surface area contributed by atoms with E-state index in [1.54, 1.807) is 11.6 Å². The molecule has 0 aliphatic heterocycles. The van der Waals surface area contributed by atoms with Crippen molar-refractivity contribution in [2.24, 2.45) is 7.05 Å². The Morgan fingerprint density at radius 3 is 2.20 bits per heavy atom. The van der Waals surface area contributed by atoms with E-state index >= 15 is 0 Å². The van der Waals surface area contributed by atoms with Gasteiger partial charge in [-0.15, -0.1) is 0 Å². The number of imidazole rings is 1. The Morgan fingerprint density at radius 2 is 1.67 bits per heavy atom. The largest absolute Gasteiger partial charge is 0.333 e. The molecule has 74 valence electrons. The molecule has 0 saturated carbocycles. The number of rotatable bonds is 3. The van der Waals surface area contributed by atoms with Crippen LogP contribution in [0.3, 0.4) is 0 Å². The molecule has 0 aromatic carbocycles. The van der Waals surface area contributed by atoms with Crippen LogP contribution in [0.15, 0.2) is 0 Å². The van der Waals surface area contributed by atoms with Crippen LogP contribution in [0, 0.1) is 34.0 Å². The first-order valence-corrected chi connectivity index (χ1v) is 4.38. The molecular formula is C10H9N5. The highest BCUT2D eigenvalue weighted by molar-refractivity contribution is 5.24. The molecule has 15 heavy (non-hydrogen) atoms. The molecule has 0 aliphatic rings. The van der Waals surface area contributed by atoms with Gasteiger partial charge in [0.15, 0.2) is 0 Å². The molecule has 0 N–H and O–H groups in total. The maximum absolute atomic E-state index is 8.64. The summed E-state index contributed by atoms with van der Waals surface area (Å²) in [5, 5.41) is 25.8. The smallest absolute Gasteiger partial charge is 0.123 e. The Hall–Kier alpha value is -2.32. The second kappa shape index (κ2) is 4.79. The molecule has 0 amide bonds. The molecule has 0 saturated heterocycles. The molecule has 0 fully saturated rings. The van der Waals surface area contributed by atoms with Crippen molar-refractivity contribution in [3.63, 3.8) is 0 Å². The van der Waals surface area contributed by atoms with Crippen molar-refractivity contribution in [2.75, 3.05) is 0 Å². The first-order valence-electron chi connectivity index (χ1n) is 4.38. The maximum Gasteiger partial charge on any atom is 0.123 e. The minimum atomic E-state index is 0.177. The van der Waals surface area contributed by atoms with Crippen molar-refractivity contribution in [1.29, 1.82) is 15.8 Å². The van der Waals surface area contributed by atoms with Crippen LogP contribution in [0.2, 0.25) is 0 Å². The molecule has 0 aliphatic carbocycles. The lowest BCUT2D eigenvalue weighted by molar-refractivity contribution is 0.793. The number of aromatic nitrogens is 2. The van der Waals surface area contributed by atoms with E-state index < -0.39 is 0 Å². The van der Waals surface area contributed by atoms with Crippen molar-refractivity contribution in [1.82, 2.24) is 9.55 Å². The van der Waals surface area contributed by atoms with E-state index in [-0.39, 0.29) is 19.3 Å². The predicted molar refractivity (Wildman–Crippen MR) is 51.2 cm³/mol. The molecule has 0 bridgehead atoms. The van der Waals surface area contributed by atoms with E-state index in [2.05, 4.69) is 4.98 Å². The SMILES string of the molecule is Cn1c(CC#N)nc(CC#N)c1CC#N. The fourth-order valence-corrected chi connectivity index (χ4v) is 1.39. The molecule has 1 heterocycles. The Morgan fingerprint density at radius 1 is 1.07 bits per heavy atom. The minimum Gasteiger partial charge on any atom is -0.333 e. The molecule has 5 nitrogen and oxygen atoms in total. The average Bonchev–Trinajstić information content (AvgIpc) is 2.49. The van der Waals surface area contributed by atoms with Crippen LogP contribution < -0.4 is 0 Å². The van der Waals surface area contributed by atoms with E-state index in [1.807, 2.05) is 18.2 Å². The first-order chi connectivity index (χ1) is 7.24. The zero-order valence-electron chi connectivity index (χ0n) is 8.36. The predicted octanol–water partition coefficient (Wildman–Crippen LogP) is 0.618. The van der Waals surface area contributed by atoms with E-state index in [4.69, 9.17) is 15.8 Å². The van der Waals surface area contributed by atoms with Crippen molar-refractivity contribution >= 4 is 0 Å². The van der Waals surface area contributed by atoms with E-state index in [1.165, 1.54) is 0 Å². The van der Waals surface area contributed by atoms with Gasteiger partial charge in [0.1, 0.15) is 5.82 Å². The van der Waals surface area contributed by atoms with Crippen LogP contribution in [0.4, 0.5) is 0 Å². The van der Waals surface area contributed by atoms with Crippen LogP contribution in [0.5, 0.6) is 0 Å². The van der Waals surface area contributed by atoms with Crippen LogP contribution in [-0.4, -0.2) is 9.55 Å². The highest BCUT2D eigenvalue weighted by Gasteiger charge is 2.13. The number of nitriles is 3. The van der Waals surface area contributed by atoms with Gasteiger partial charge >= 0.3 is 0 Å². The third-order valence-electron chi connectivity index (χ3n) is 2.12. The van der Waals surface area contributed by atoms with Crippen LogP contribution in [0.1, 0.15) is 17.2 Å². The first kappa shape index (κ1) is 10.8. The van der Waals surface area contributed by atoms with Gasteiger partial charge in [-0.05, 0) is 0 Å². The number of hydrogen-bond donors (Lipinski definition) is 0. The van der Waals surface area contributed by atoms with Crippen LogP contribution >= 0.6 is 0 Å². The topological polar surface area (TPSA) is 89.2 Å². The van der Waals surface area contributed by atoms with Crippen molar-refractivity contribution < 1.29 is 0 Å². The number of nitrogens with zero attached hydrogens (tertiary/aromatic N) is 5. The minimum absolute atomic E-state index is 0.177. The molecule has 0 radical (unpaired) electrons. The monoisotopic (exact) mass is 199 g/mol. The second-order valence-corrected chi connectivity index (χ2v) is 2.99.